The summed E-state index contributed by atoms with van der Waals surface area (Å²) in [5.74, 6) is 0.446. The summed E-state index contributed by atoms with van der Waals surface area (Å²) < 4.78 is 0. The molecule has 3 unspecified atom stereocenters. The standard InChI is InChI=1S/C61H40N4/c1-2-17-52(56-35-31-45-27-25-43-12-9-37-63-58(43)60(45)65-56)49(14-1)40-28-32-47(33-29-40)61(53-18-5-3-15-50(53)51-16-4-6-19-54(51)61)48-13-7-10-46(38-48)39-20-22-41(23-21-39)55-34-30-44-26-24-42-11-8-36-62-57(42)59(44)64-55/h1-38,50,53H. The predicted molar refractivity (Wildman–Crippen MR) is 267 cm³/mol. The fourth-order valence-electron chi connectivity index (χ4n) is 10.9. The molecule has 13 rings (SSSR count). The molecule has 4 nitrogen and oxygen atoms in total. The van der Waals surface area contributed by atoms with Crippen LogP contribution in [0.1, 0.15) is 28.2 Å². The van der Waals surface area contributed by atoms with Gasteiger partial charge in [0.1, 0.15) is 0 Å². The normalized spacial score (nSPS) is 17.5. The van der Waals surface area contributed by atoms with E-state index in [-0.39, 0.29) is 11.8 Å². The highest BCUT2D eigenvalue weighted by Crippen LogP contribution is 2.60. The SMILES string of the molecule is C1=CC2c3ccccc3C(c3ccc(-c4ccccc4-c4ccc5ccc6cccnc6c5n4)cc3)(c3cccc(-c4ccc(-c5ccc6ccc7cccnc7c6n5)cc4)c3)C2C=C1. The Morgan fingerprint density at radius 1 is 0.369 bits per heavy atom. The van der Waals surface area contributed by atoms with Crippen LogP contribution in [0.25, 0.3) is 88.4 Å². The minimum Gasteiger partial charge on any atom is -0.254 e. The second-order valence-corrected chi connectivity index (χ2v) is 17.3. The zero-order valence-corrected chi connectivity index (χ0v) is 35.4. The Balaban J connectivity index is 0.906. The number of nitrogens with zero attached hydrogens (tertiary/aromatic N) is 4. The third kappa shape index (κ3) is 5.91. The summed E-state index contributed by atoms with van der Waals surface area (Å²) in [5.41, 5.74) is 17.3. The zero-order chi connectivity index (χ0) is 42.9. The van der Waals surface area contributed by atoms with Gasteiger partial charge in [-0.05, 0) is 74.8 Å². The van der Waals surface area contributed by atoms with Gasteiger partial charge in [0.25, 0.3) is 0 Å². The minimum absolute atomic E-state index is 0.190. The highest BCUT2D eigenvalue weighted by atomic mass is 14.8. The monoisotopic (exact) mass is 828 g/mol. The summed E-state index contributed by atoms with van der Waals surface area (Å²) in [6.07, 6.45) is 13.0. The number of hydrogen-bond donors (Lipinski definition) is 0. The van der Waals surface area contributed by atoms with Crippen LogP contribution < -0.4 is 0 Å². The Kier molecular flexibility index (Phi) is 8.53. The molecule has 3 atom stereocenters. The number of hydrogen-bond acceptors (Lipinski definition) is 4. The van der Waals surface area contributed by atoms with Gasteiger partial charge >= 0.3 is 0 Å². The van der Waals surface area contributed by atoms with Crippen molar-refractivity contribution in [1.29, 1.82) is 0 Å². The molecule has 4 heteroatoms. The predicted octanol–water partition coefficient (Wildman–Crippen LogP) is 14.7. The quantitative estimate of drug-likeness (QED) is 0.157. The number of pyridine rings is 4. The highest BCUT2D eigenvalue weighted by molar-refractivity contribution is 6.04. The maximum Gasteiger partial charge on any atom is 0.0972 e. The molecule has 0 radical (unpaired) electrons. The van der Waals surface area contributed by atoms with Crippen molar-refractivity contribution in [1.82, 2.24) is 19.9 Å². The van der Waals surface area contributed by atoms with Crippen molar-refractivity contribution in [2.45, 2.75) is 11.3 Å². The molecular weight excluding hydrogens is 789 g/mol. The van der Waals surface area contributed by atoms with Gasteiger partial charge in [0.05, 0.1) is 38.9 Å². The third-order valence-corrected chi connectivity index (χ3v) is 13.9. The van der Waals surface area contributed by atoms with E-state index in [1.807, 2.05) is 24.5 Å². The van der Waals surface area contributed by atoms with Crippen molar-refractivity contribution in [3.05, 3.63) is 253 Å². The molecule has 0 bridgehead atoms. The van der Waals surface area contributed by atoms with E-state index in [1.54, 1.807) is 0 Å². The molecule has 7 aromatic carbocycles. The van der Waals surface area contributed by atoms with E-state index in [1.165, 1.54) is 33.4 Å². The van der Waals surface area contributed by atoms with Crippen molar-refractivity contribution in [3.8, 4) is 44.8 Å². The Morgan fingerprint density at radius 2 is 0.954 bits per heavy atom. The lowest BCUT2D eigenvalue weighted by Gasteiger charge is -2.39. The van der Waals surface area contributed by atoms with E-state index in [0.29, 0.717) is 0 Å². The lowest BCUT2D eigenvalue weighted by Crippen LogP contribution is -2.35. The molecule has 65 heavy (non-hydrogen) atoms. The number of rotatable bonds is 6. The molecule has 0 N–H and O–H groups in total. The number of fused-ring (bicyclic) bond motifs is 9. The Labute approximate surface area is 377 Å². The van der Waals surface area contributed by atoms with Crippen molar-refractivity contribution in [2.24, 2.45) is 5.92 Å². The molecule has 0 saturated heterocycles. The van der Waals surface area contributed by atoms with E-state index < -0.39 is 5.41 Å². The first-order valence-electron chi connectivity index (χ1n) is 22.4. The average Bonchev–Trinajstić information content (AvgIpc) is 3.69. The number of aromatic nitrogens is 4. The summed E-state index contributed by atoms with van der Waals surface area (Å²) in [7, 11) is 0. The Hall–Kier alpha value is -8.34. The summed E-state index contributed by atoms with van der Waals surface area (Å²) in [6.45, 7) is 0. The minimum atomic E-state index is -0.434. The van der Waals surface area contributed by atoms with E-state index in [4.69, 9.17) is 15.0 Å². The smallest absolute Gasteiger partial charge is 0.0972 e. The second-order valence-electron chi connectivity index (χ2n) is 17.3. The highest BCUT2D eigenvalue weighted by Gasteiger charge is 2.52. The van der Waals surface area contributed by atoms with Crippen LogP contribution in [0.15, 0.2) is 231 Å². The molecule has 0 aliphatic heterocycles. The lowest BCUT2D eigenvalue weighted by atomic mass is 9.63. The molecule has 2 aliphatic rings. The summed E-state index contributed by atoms with van der Waals surface area (Å²) in [5, 5.41) is 4.36. The van der Waals surface area contributed by atoms with Gasteiger partial charge in [-0.3, -0.25) is 9.97 Å². The Bertz CT molecular complexity index is 3740. The zero-order valence-electron chi connectivity index (χ0n) is 35.4. The molecule has 2 aliphatic carbocycles. The molecule has 304 valence electrons. The van der Waals surface area contributed by atoms with Crippen LogP contribution in [0.5, 0.6) is 0 Å². The molecule has 0 amide bonds. The van der Waals surface area contributed by atoms with Crippen molar-refractivity contribution in [2.75, 3.05) is 0 Å². The van der Waals surface area contributed by atoms with Crippen molar-refractivity contribution >= 4 is 43.6 Å². The van der Waals surface area contributed by atoms with Crippen LogP contribution in [0.2, 0.25) is 0 Å². The van der Waals surface area contributed by atoms with Crippen LogP contribution in [0, 0.1) is 5.92 Å². The Morgan fingerprint density at radius 3 is 1.69 bits per heavy atom. The van der Waals surface area contributed by atoms with Crippen LogP contribution in [-0.4, -0.2) is 19.9 Å². The number of benzene rings is 7. The molecule has 0 spiro atoms. The molecule has 11 aromatic rings. The summed E-state index contributed by atoms with van der Waals surface area (Å²) in [4.78, 5) is 19.8. The fraction of sp³-hybridized carbons (Fsp3) is 0.0492. The van der Waals surface area contributed by atoms with Gasteiger partial charge in [-0.1, -0.05) is 188 Å². The van der Waals surface area contributed by atoms with E-state index in [0.717, 1.165) is 77.3 Å². The van der Waals surface area contributed by atoms with Crippen LogP contribution in [0.3, 0.4) is 0 Å². The largest absolute Gasteiger partial charge is 0.254 e. The van der Waals surface area contributed by atoms with Gasteiger partial charge < -0.3 is 0 Å². The molecule has 4 aromatic heterocycles. The first kappa shape index (κ1) is 37.2. The maximum absolute atomic E-state index is 5.25. The summed E-state index contributed by atoms with van der Waals surface area (Å²) >= 11 is 0. The second kappa shape index (κ2) is 14.9. The molecular formula is C61H40N4. The molecule has 0 saturated carbocycles. The molecule has 0 fully saturated rings. The molecule has 4 heterocycles. The summed E-state index contributed by atoms with van der Waals surface area (Å²) in [6, 6.07) is 70.4. The van der Waals surface area contributed by atoms with Crippen LogP contribution >= 0.6 is 0 Å². The lowest BCUT2D eigenvalue weighted by molar-refractivity contribution is 0.457. The van der Waals surface area contributed by atoms with Gasteiger partial charge in [-0.25, -0.2) is 9.97 Å². The van der Waals surface area contributed by atoms with Crippen LogP contribution in [0.4, 0.5) is 0 Å². The average molecular weight is 829 g/mol. The van der Waals surface area contributed by atoms with E-state index in [9.17, 15) is 0 Å². The fourth-order valence-corrected chi connectivity index (χ4v) is 10.9. The van der Waals surface area contributed by atoms with Crippen LogP contribution in [-0.2, 0) is 5.41 Å². The van der Waals surface area contributed by atoms with E-state index >= 15 is 0 Å². The first-order chi connectivity index (χ1) is 32.2. The van der Waals surface area contributed by atoms with Gasteiger partial charge in [0, 0.05) is 56.9 Å². The third-order valence-electron chi connectivity index (χ3n) is 13.9. The number of allylic oxidation sites excluding steroid dienone is 4. The van der Waals surface area contributed by atoms with Gasteiger partial charge in [0.15, 0.2) is 0 Å². The van der Waals surface area contributed by atoms with Crippen molar-refractivity contribution in [3.63, 3.8) is 0 Å². The maximum atomic E-state index is 5.25. The van der Waals surface area contributed by atoms with Crippen molar-refractivity contribution < 1.29 is 0 Å². The van der Waals surface area contributed by atoms with Gasteiger partial charge in [-0.2, -0.15) is 0 Å². The topological polar surface area (TPSA) is 51.6 Å². The van der Waals surface area contributed by atoms with E-state index in [2.05, 4.69) is 211 Å². The first-order valence-corrected chi connectivity index (χ1v) is 22.4. The van der Waals surface area contributed by atoms with Gasteiger partial charge in [0.2, 0.25) is 0 Å². The van der Waals surface area contributed by atoms with Gasteiger partial charge in [-0.15, -0.1) is 0 Å².